The van der Waals surface area contributed by atoms with E-state index in [1.807, 2.05) is 68.4 Å². The summed E-state index contributed by atoms with van der Waals surface area (Å²) in [4.78, 5) is 24.3. The van der Waals surface area contributed by atoms with Gasteiger partial charge in [0.25, 0.3) is 5.91 Å². The summed E-state index contributed by atoms with van der Waals surface area (Å²) in [5.41, 5.74) is 4.34. The van der Waals surface area contributed by atoms with Crippen LogP contribution in [0.2, 0.25) is 0 Å². The Morgan fingerprint density at radius 1 is 1.10 bits per heavy atom. The molecule has 0 saturated heterocycles. The van der Waals surface area contributed by atoms with Gasteiger partial charge in [0.15, 0.2) is 5.13 Å². The summed E-state index contributed by atoms with van der Waals surface area (Å²) in [7, 11) is 1.63. The predicted octanol–water partition coefficient (Wildman–Crippen LogP) is 5.16. The van der Waals surface area contributed by atoms with Gasteiger partial charge in [-0.25, -0.2) is 4.98 Å². The van der Waals surface area contributed by atoms with Crippen molar-refractivity contribution < 1.29 is 9.53 Å². The fourth-order valence-corrected chi connectivity index (χ4v) is 4.24. The van der Waals surface area contributed by atoms with E-state index in [2.05, 4.69) is 4.98 Å². The molecule has 0 fully saturated rings. The molecule has 0 unspecified atom stereocenters. The van der Waals surface area contributed by atoms with E-state index in [0.29, 0.717) is 23.0 Å². The van der Waals surface area contributed by atoms with Gasteiger partial charge in [0.1, 0.15) is 11.3 Å². The molecule has 29 heavy (non-hydrogen) atoms. The number of amides is 1. The number of thiazole rings is 1. The monoisotopic (exact) mass is 403 g/mol. The van der Waals surface area contributed by atoms with Crippen LogP contribution >= 0.6 is 11.3 Å². The molecule has 4 rings (SSSR count). The van der Waals surface area contributed by atoms with Crippen LogP contribution in [0.3, 0.4) is 0 Å². The summed E-state index contributed by atoms with van der Waals surface area (Å²) in [6, 6.07) is 17.2. The van der Waals surface area contributed by atoms with Gasteiger partial charge in [-0.15, -0.1) is 0 Å². The highest BCUT2D eigenvalue weighted by Gasteiger charge is 2.23. The number of aromatic nitrogens is 2. The molecule has 0 atom stereocenters. The van der Waals surface area contributed by atoms with Crippen molar-refractivity contribution in [3.05, 3.63) is 83.2 Å². The standard InChI is InChI=1S/C23H21N3O2S/c1-15-7-6-8-17(13-15)22(27)26(14-18-9-4-5-12-24-18)23-25-20-19(28-3)11-10-16(2)21(20)29-23/h4-13H,14H2,1-3H3. The normalized spacial score (nSPS) is 10.9. The number of benzene rings is 2. The summed E-state index contributed by atoms with van der Waals surface area (Å²) < 4.78 is 6.50. The van der Waals surface area contributed by atoms with Crippen LogP contribution in [0.15, 0.2) is 60.8 Å². The summed E-state index contributed by atoms with van der Waals surface area (Å²) in [5.74, 6) is 0.601. The van der Waals surface area contributed by atoms with Crippen LogP contribution in [0.1, 0.15) is 27.2 Å². The number of nitrogens with zero attached hydrogens (tertiary/aromatic N) is 3. The van der Waals surface area contributed by atoms with Crippen molar-refractivity contribution >= 4 is 32.6 Å². The number of carbonyl (C=O) groups excluding carboxylic acids is 1. The zero-order chi connectivity index (χ0) is 20.4. The number of carbonyl (C=O) groups is 1. The van der Waals surface area contributed by atoms with E-state index in [-0.39, 0.29) is 5.91 Å². The van der Waals surface area contributed by atoms with Gasteiger partial charge in [-0.1, -0.05) is 41.2 Å². The number of methoxy groups -OCH3 is 1. The Hall–Kier alpha value is -3.25. The SMILES string of the molecule is COc1ccc(C)c2sc(N(Cc3ccccn3)C(=O)c3cccc(C)c3)nc12. The number of hydrogen-bond donors (Lipinski definition) is 0. The highest BCUT2D eigenvalue weighted by atomic mass is 32.1. The Balaban J connectivity index is 1.83. The lowest BCUT2D eigenvalue weighted by atomic mass is 10.1. The first-order chi connectivity index (χ1) is 14.1. The number of rotatable bonds is 5. The van der Waals surface area contributed by atoms with Gasteiger partial charge in [0, 0.05) is 11.8 Å². The van der Waals surface area contributed by atoms with E-state index in [1.165, 1.54) is 11.3 Å². The van der Waals surface area contributed by atoms with Crippen LogP contribution in [0.25, 0.3) is 10.2 Å². The first kappa shape index (κ1) is 19.1. The quantitative estimate of drug-likeness (QED) is 0.462. The molecule has 0 N–H and O–H groups in total. The molecule has 0 spiro atoms. The lowest BCUT2D eigenvalue weighted by molar-refractivity contribution is 0.0984. The Bertz CT molecular complexity index is 1170. The molecule has 0 saturated carbocycles. The molecular formula is C23H21N3O2S. The van der Waals surface area contributed by atoms with Crippen LogP contribution in [-0.2, 0) is 6.54 Å². The Labute approximate surface area is 173 Å². The molecule has 0 bridgehead atoms. The number of fused-ring (bicyclic) bond motifs is 1. The molecule has 2 aromatic carbocycles. The maximum absolute atomic E-state index is 13.5. The largest absolute Gasteiger partial charge is 0.494 e. The van der Waals surface area contributed by atoms with E-state index in [0.717, 1.165) is 27.0 Å². The molecule has 6 heteroatoms. The minimum Gasteiger partial charge on any atom is -0.494 e. The van der Waals surface area contributed by atoms with E-state index >= 15 is 0 Å². The summed E-state index contributed by atoms with van der Waals surface area (Å²) in [6.45, 7) is 4.36. The zero-order valence-corrected chi connectivity index (χ0v) is 17.4. The molecule has 0 aliphatic heterocycles. The number of pyridine rings is 1. The van der Waals surface area contributed by atoms with Crippen molar-refractivity contribution in [3.8, 4) is 5.75 Å². The third-order valence-corrected chi connectivity index (χ3v) is 5.91. The highest BCUT2D eigenvalue weighted by Crippen LogP contribution is 2.37. The lowest BCUT2D eigenvalue weighted by Gasteiger charge is -2.20. The molecule has 146 valence electrons. The molecule has 1 amide bonds. The van der Waals surface area contributed by atoms with E-state index in [9.17, 15) is 4.79 Å². The third-order valence-electron chi connectivity index (χ3n) is 4.70. The van der Waals surface area contributed by atoms with E-state index in [1.54, 1.807) is 18.2 Å². The van der Waals surface area contributed by atoms with Crippen molar-refractivity contribution in [3.63, 3.8) is 0 Å². The summed E-state index contributed by atoms with van der Waals surface area (Å²) >= 11 is 1.49. The van der Waals surface area contributed by atoms with Gasteiger partial charge < -0.3 is 4.74 Å². The van der Waals surface area contributed by atoms with E-state index < -0.39 is 0 Å². The number of aryl methyl sites for hydroxylation is 2. The van der Waals surface area contributed by atoms with Gasteiger partial charge in [-0.2, -0.15) is 0 Å². The minimum atomic E-state index is -0.102. The van der Waals surface area contributed by atoms with Crippen LogP contribution in [-0.4, -0.2) is 23.0 Å². The third kappa shape index (κ3) is 3.84. The summed E-state index contributed by atoms with van der Waals surface area (Å²) in [5, 5.41) is 0.629. The Kier molecular flexibility index (Phi) is 5.27. The molecular weight excluding hydrogens is 382 g/mol. The van der Waals surface area contributed by atoms with Crippen molar-refractivity contribution in [1.29, 1.82) is 0 Å². The van der Waals surface area contributed by atoms with Crippen LogP contribution < -0.4 is 9.64 Å². The molecule has 2 aromatic heterocycles. The van der Waals surface area contributed by atoms with Crippen LogP contribution in [0.5, 0.6) is 5.75 Å². The Morgan fingerprint density at radius 3 is 2.69 bits per heavy atom. The van der Waals surface area contributed by atoms with Gasteiger partial charge in [0.05, 0.1) is 24.0 Å². The fraction of sp³-hybridized carbons (Fsp3) is 0.174. The van der Waals surface area contributed by atoms with Gasteiger partial charge in [-0.05, 0) is 49.7 Å². The summed E-state index contributed by atoms with van der Waals surface area (Å²) in [6.07, 6.45) is 1.73. The second-order valence-electron chi connectivity index (χ2n) is 6.84. The van der Waals surface area contributed by atoms with E-state index in [4.69, 9.17) is 9.72 Å². The first-order valence-corrected chi connectivity index (χ1v) is 10.1. The van der Waals surface area contributed by atoms with Gasteiger partial charge in [0.2, 0.25) is 0 Å². The van der Waals surface area contributed by atoms with Crippen molar-refractivity contribution in [2.75, 3.05) is 12.0 Å². The second kappa shape index (κ2) is 8.01. The highest BCUT2D eigenvalue weighted by molar-refractivity contribution is 7.22. The van der Waals surface area contributed by atoms with Crippen molar-refractivity contribution in [1.82, 2.24) is 9.97 Å². The molecule has 5 nitrogen and oxygen atoms in total. The first-order valence-electron chi connectivity index (χ1n) is 9.29. The fourth-order valence-electron chi connectivity index (χ4n) is 3.19. The zero-order valence-electron chi connectivity index (χ0n) is 16.5. The smallest absolute Gasteiger partial charge is 0.260 e. The number of hydrogen-bond acceptors (Lipinski definition) is 5. The molecule has 0 aliphatic carbocycles. The topological polar surface area (TPSA) is 55.3 Å². The lowest BCUT2D eigenvalue weighted by Crippen LogP contribution is -2.30. The average Bonchev–Trinajstić information content (AvgIpc) is 3.19. The predicted molar refractivity (Wildman–Crippen MR) is 117 cm³/mol. The van der Waals surface area contributed by atoms with Crippen LogP contribution in [0.4, 0.5) is 5.13 Å². The molecule has 0 aliphatic rings. The number of ether oxygens (including phenoxy) is 1. The van der Waals surface area contributed by atoms with Crippen molar-refractivity contribution in [2.24, 2.45) is 0 Å². The number of anilines is 1. The van der Waals surface area contributed by atoms with Gasteiger partial charge >= 0.3 is 0 Å². The van der Waals surface area contributed by atoms with Crippen molar-refractivity contribution in [2.45, 2.75) is 20.4 Å². The molecule has 0 radical (unpaired) electrons. The van der Waals surface area contributed by atoms with Gasteiger partial charge in [-0.3, -0.25) is 14.7 Å². The maximum Gasteiger partial charge on any atom is 0.260 e. The minimum absolute atomic E-state index is 0.102. The Morgan fingerprint density at radius 2 is 1.97 bits per heavy atom. The maximum atomic E-state index is 13.5. The van der Waals surface area contributed by atoms with Crippen LogP contribution in [0, 0.1) is 13.8 Å². The molecule has 2 heterocycles. The molecule has 4 aromatic rings. The second-order valence-corrected chi connectivity index (χ2v) is 7.82. The average molecular weight is 404 g/mol.